The van der Waals surface area contributed by atoms with Gasteiger partial charge in [0.15, 0.2) is 5.76 Å². The average Bonchev–Trinajstić information content (AvgIpc) is 3.28. The summed E-state index contributed by atoms with van der Waals surface area (Å²) in [7, 11) is 4.52. The molecule has 0 saturated carbocycles. The maximum Gasteiger partial charge on any atom is 0.291 e. The molecule has 0 aliphatic rings. The van der Waals surface area contributed by atoms with Crippen LogP contribution in [0, 0.1) is 0 Å². The zero-order valence-electron chi connectivity index (χ0n) is 17.3. The Hall–Kier alpha value is -4.13. The van der Waals surface area contributed by atoms with E-state index in [2.05, 4.69) is 5.32 Å². The van der Waals surface area contributed by atoms with E-state index in [1.54, 1.807) is 18.2 Å². The van der Waals surface area contributed by atoms with Crippen LogP contribution in [0.3, 0.4) is 0 Å². The highest BCUT2D eigenvalue weighted by atomic mass is 16.6. The summed E-state index contributed by atoms with van der Waals surface area (Å²) in [5.41, 5.74) is 0.365. The molecule has 0 aliphatic carbocycles. The predicted molar refractivity (Wildman–Crippen MR) is 117 cm³/mol. The van der Waals surface area contributed by atoms with Gasteiger partial charge in [-0.05, 0) is 17.5 Å². The number of benzene rings is 3. The molecule has 1 N–H and O–H groups in total. The minimum atomic E-state index is -0.477. The summed E-state index contributed by atoms with van der Waals surface area (Å²) in [6, 6.07) is 20.0. The van der Waals surface area contributed by atoms with Crippen molar-refractivity contribution in [3.05, 3.63) is 72.5 Å². The van der Waals surface area contributed by atoms with Gasteiger partial charge in [0.25, 0.3) is 11.9 Å². The first-order chi connectivity index (χ1) is 15.1. The summed E-state index contributed by atoms with van der Waals surface area (Å²) in [5, 5.41) is 4.75. The van der Waals surface area contributed by atoms with E-state index in [0.29, 0.717) is 28.7 Å². The minimum absolute atomic E-state index is 0.0789. The molecular formula is C24H21NO6. The Morgan fingerprint density at radius 2 is 1.52 bits per heavy atom. The highest BCUT2D eigenvalue weighted by molar-refractivity contribution is 6.04. The molecule has 31 heavy (non-hydrogen) atoms. The second-order valence-corrected chi connectivity index (χ2v) is 6.56. The Labute approximate surface area is 179 Å². The molecule has 3 aromatic carbocycles. The van der Waals surface area contributed by atoms with E-state index in [9.17, 15) is 4.79 Å². The van der Waals surface area contributed by atoms with Crippen molar-refractivity contribution in [2.45, 2.75) is 0 Å². The van der Waals surface area contributed by atoms with E-state index in [0.717, 1.165) is 10.8 Å². The van der Waals surface area contributed by atoms with E-state index in [4.69, 9.17) is 23.4 Å². The molecule has 158 valence electrons. The molecule has 4 aromatic rings. The van der Waals surface area contributed by atoms with E-state index < -0.39 is 5.91 Å². The van der Waals surface area contributed by atoms with Gasteiger partial charge >= 0.3 is 0 Å². The number of amides is 1. The fourth-order valence-corrected chi connectivity index (χ4v) is 3.19. The first kappa shape index (κ1) is 20.2. The van der Waals surface area contributed by atoms with Crippen LogP contribution in [0.4, 0.5) is 5.69 Å². The molecule has 1 aromatic heterocycles. The Balaban J connectivity index is 1.57. The molecule has 0 bridgehead atoms. The number of carbonyl (C=O) groups is 1. The van der Waals surface area contributed by atoms with Gasteiger partial charge < -0.3 is 28.7 Å². The second kappa shape index (κ2) is 8.71. The molecule has 0 fully saturated rings. The van der Waals surface area contributed by atoms with Crippen LogP contribution in [-0.2, 0) is 0 Å². The summed E-state index contributed by atoms with van der Waals surface area (Å²) in [6.45, 7) is 0. The lowest BCUT2D eigenvalue weighted by Crippen LogP contribution is -2.13. The number of anilines is 1. The average molecular weight is 419 g/mol. The minimum Gasteiger partial charge on any atom is -0.496 e. The van der Waals surface area contributed by atoms with E-state index in [1.165, 1.54) is 27.4 Å². The normalized spacial score (nSPS) is 10.5. The molecule has 7 nitrogen and oxygen atoms in total. The third kappa shape index (κ3) is 4.11. The Morgan fingerprint density at radius 1 is 0.806 bits per heavy atom. The van der Waals surface area contributed by atoms with Gasteiger partial charge in [0.2, 0.25) is 0 Å². The molecular weight excluding hydrogens is 398 g/mol. The number of hydrogen-bond acceptors (Lipinski definition) is 6. The Morgan fingerprint density at radius 3 is 2.23 bits per heavy atom. The first-order valence-corrected chi connectivity index (χ1v) is 9.49. The van der Waals surface area contributed by atoms with Gasteiger partial charge in [0.05, 0.1) is 21.3 Å². The van der Waals surface area contributed by atoms with Crippen molar-refractivity contribution in [1.82, 2.24) is 0 Å². The highest BCUT2D eigenvalue weighted by Crippen LogP contribution is 2.39. The summed E-state index contributed by atoms with van der Waals surface area (Å²) in [6.07, 6.45) is 0. The SMILES string of the molecule is COc1cc(OC)c(NC(=O)c2ccc(Oc3cccc4ccccc34)o2)c(OC)c1. The number of carbonyl (C=O) groups excluding carboxylic acids is 1. The molecule has 0 atom stereocenters. The van der Waals surface area contributed by atoms with Gasteiger partial charge in [-0.3, -0.25) is 4.79 Å². The zero-order chi connectivity index (χ0) is 21.8. The van der Waals surface area contributed by atoms with Crippen molar-refractivity contribution in [3.8, 4) is 28.9 Å². The second-order valence-electron chi connectivity index (χ2n) is 6.56. The van der Waals surface area contributed by atoms with Crippen LogP contribution in [0.1, 0.15) is 10.6 Å². The van der Waals surface area contributed by atoms with Crippen LogP contribution < -0.4 is 24.3 Å². The molecule has 0 saturated heterocycles. The van der Waals surface area contributed by atoms with Crippen molar-refractivity contribution < 1.29 is 28.2 Å². The molecule has 1 heterocycles. The number of nitrogens with one attached hydrogen (secondary N) is 1. The molecule has 4 rings (SSSR count). The van der Waals surface area contributed by atoms with Crippen molar-refractivity contribution in [2.24, 2.45) is 0 Å². The van der Waals surface area contributed by atoms with Crippen LogP contribution >= 0.6 is 0 Å². The first-order valence-electron chi connectivity index (χ1n) is 9.49. The van der Waals surface area contributed by atoms with E-state index >= 15 is 0 Å². The van der Waals surface area contributed by atoms with Gasteiger partial charge in [-0.1, -0.05) is 36.4 Å². The number of furan rings is 1. The summed E-state index contributed by atoms with van der Waals surface area (Å²) >= 11 is 0. The molecule has 0 unspecified atom stereocenters. The van der Waals surface area contributed by atoms with Gasteiger partial charge in [0, 0.05) is 23.6 Å². The molecule has 0 radical (unpaired) electrons. The van der Waals surface area contributed by atoms with E-state index in [-0.39, 0.29) is 11.7 Å². The molecule has 1 amide bonds. The van der Waals surface area contributed by atoms with E-state index in [1.807, 2.05) is 42.5 Å². The third-order valence-electron chi connectivity index (χ3n) is 4.72. The smallest absolute Gasteiger partial charge is 0.291 e. The van der Waals surface area contributed by atoms with Gasteiger partial charge in [0.1, 0.15) is 28.7 Å². The summed E-state index contributed by atoms with van der Waals surface area (Å²) in [4.78, 5) is 12.8. The number of rotatable bonds is 7. The van der Waals surface area contributed by atoms with Crippen LogP contribution in [0.2, 0.25) is 0 Å². The molecule has 0 spiro atoms. The lowest BCUT2D eigenvalue weighted by Gasteiger charge is -2.15. The number of hydrogen-bond donors (Lipinski definition) is 1. The third-order valence-corrected chi connectivity index (χ3v) is 4.72. The molecule has 0 aliphatic heterocycles. The number of methoxy groups -OCH3 is 3. The van der Waals surface area contributed by atoms with Crippen molar-refractivity contribution >= 4 is 22.4 Å². The summed E-state index contributed by atoms with van der Waals surface area (Å²) in [5.74, 6) is 1.76. The monoisotopic (exact) mass is 419 g/mol. The van der Waals surface area contributed by atoms with Crippen LogP contribution in [-0.4, -0.2) is 27.2 Å². The molecule has 7 heteroatoms. The lowest BCUT2D eigenvalue weighted by atomic mass is 10.1. The van der Waals surface area contributed by atoms with Gasteiger partial charge in [-0.25, -0.2) is 0 Å². The van der Waals surface area contributed by atoms with Gasteiger partial charge in [-0.15, -0.1) is 0 Å². The topological polar surface area (TPSA) is 79.2 Å². The Kier molecular flexibility index (Phi) is 5.66. The fraction of sp³-hybridized carbons (Fsp3) is 0.125. The summed E-state index contributed by atoms with van der Waals surface area (Å²) < 4.78 is 27.5. The van der Waals surface area contributed by atoms with Crippen LogP contribution in [0.5, 0.6) is 28.9 Å². The largest absolute Gasteiger partial charge is 0.496 e. The van der Waals surface area contributed by atoms with Crippen LogP contribution in [0.15, 0.2) is 71.1 Å². The highest BCUT2D eigenvalue weighted by Gasteiger charge is 2.19. The van der Waals surface area contributed by atoms with Crippen molar-refractivity contribution in [2.75, 3.05) is 26.6 Å². The predicted octanol–water partition coefficient (Wildman–Crippen LogP) is 5.50. The lowest BCUT2D eigenvalue weighted by molar-refractivity contribution is 0.0991. The van der Waals surface area contributed by atoms with Gasteiger partial charge in [-0.2, -0.15) is 0 Å². The van der Waals surface area contributed by atoms with Crippen molar-refractivity contribution in [3.63, 3.8) is 0 Å². The number of fused-ring (bicyclic) bond motifs is 1. The fourth-order valence-electron chi connectivity index (χ4n) is 3.19. The van der Waals surface area contributed by atoms with Crippen LogP contribution in [0.25, 0.3) is 10.8 Å². The van der Waals surface area contributed by atoms with Crippen molar-refractivity contribution in [1.29, 1.82) is 0 Å². The maximum atomic E-state index is 12.8. The zero-order valence-corrected chi connectivity index (χ0v) is 17.3. The maximum absolute atomic E-state index is 12.8. The Bertz CT molecular complexity index is 1200. The standard InChI is InChI=1S/C24H21NO6/c1-27-16-13-20(28-2)23(21(14-16)29-3)25-24(26)19-11-12-22(31-19)30-18-10-6-8-15-7-4-5-9-17(15)18/h4-14H,1-3H3,(H,25,26). The number of ether oxygens (including phenoxy) is 4. The quantitative estimate of drug-likeness (QED) is 0.426.